The van der Waals surface area contributed by atoms with Crippen LogP contribution in [-0.4, -0.2) is 4.98 Å². The lowest BCUT2D eigenvalue weighted by Crippen LogP contribution is -1.99. The third-order valence-electron chi connectivity index (χ3n) is 2.23. The van der Waals surface area contributed by atoms with Crippen molar-refractivity contribution in [3.63, 3.8) is 0 Å². The summed E-state index contributed by atoms with van der Waals surface area (Å²) in [6.45, 7) is 2.02. The zero-order valence-corrected chi connectivity index (χ0v) is 8.97. The van der Waals surface area contributed by atoms with E-state index in [-0.39, 0.29) is 5.82 Å². The Hall–Kier alpha value is -2.23. The highest BCUT2D eigenvalue weighted by Crippen LogP contribution is 2.29. The Morgan fingerprint density at radius 1 is 1.06 bits per heavy atom. The normalized spacial score (nSPS) is 10.1. The van der Waals surface area contributed by atoms with E-state index in [1.165, 1.54) is 5.56 Å². The largest absolute Gasteiger partial charge is 0.455 e. The number of nitrogen functional groups attached to an aromatic ring is 2. The van der Waals surface area contributed by atoms with Crippen molar-refractivity contribution >= 4 is 11.5 Å². The zero-order chi connectivity index (χ0) is 11.5. The predicted octanol–water partition coefficient (Wildman–Crippen LogP) is 2.35. The van der Waals surface area contributed by atoms with Crippen LogP contribution < -0.4 is 16.2 Å². The van der Waals surface area contributed by atoms with E-state index in [0.29, 0.717) is 11.4 Å². The molecule has 4 N–H and O–H groups in total. The number of aromatic nitrogens is 1. The fourth-order valence-corrected chi connectivity index (χ4v) is 1.29. The van der Waals surface area contributed by atoms with Gasteiger partial charge in [0.25, 0.3) is 0 Å². The zero-order valence-electron chi connectivity index (χ0n) is 8.97. The summed E-state index contributed by atoms with van der Waals surface area (Å²) in [6.07, 6.45) is 1.56. The maximum Gasteiger partial charge on any atom is 0.155 e. The lowest BCUT2D eigenvalue weighted by atomic mass is 10.2. The molecule has 0 atom stereocenters. The first kappa shape index (κ1) is 10.3. The second kappa shape index (κ2) is 4.10. The van der Waals surface area contributed by atoms with Crippen LogP contribution in [0.2, 0.25) is 0 Å². The fourth-order valence-electron chi connectivity index (χ4n) is 1.29. The summed E-state index contributed by atoms with van der Waals surface area (Å²) in [7, 11) is 0. The second-order valence-corrected chi connectivity index (χ2v) is 3.52. The Morgan fingerprint density at radius 2 is 1.75 bits per heavy atom. The van der Waals surface area contributed by atoms with Gasteiger partial charge in [-0.25, -0.2) is 4.98 Å². The Bertz CT molecular complexity index is 494. The van der Waals surface area contributed by atoms with Crippen LogP contribution >= 0.6 is 0 Å². The first-order chi connectivity index (χ1) is 7.66. The molecule has 0 radical (unpaired) electrons. The molecule has 0 bridgehead atoms. The Balaban J connectivity index is 2.27. The van der Waals surface area contributed by atoms with Gasteiger partial charge in [-0.2, -0.15) is 0 Å². The molecule has 82 valence electrons. The molecule has 1 aromatic heterocycles. The molecule has 4 nitrogen and oxygen atoms in total. The Labute approximate surface area is 93.9 Å². The molecule has 0 aliphatic heterocycles. The average molecular weight is 215 g/mol. The van der Waals surface area contributed by atoms with Crippen molar-refractivity contribution in [2.75, 3.05) is 11.5 Å². The highest BCUT2D eigenvalue weighted by molar-refractivity contribution is 5.67. The molecule has 2 rings (SSSR count). The van der Waals surface area contributed by atoms with Gasteiger partial charge in [0.05, 0.1) is 0 Å². The molecular weight excluding hydrogens is 202 g/mol. The van der Waals surface area contributed by atoms with Gasteiger partial charge in [0, 0.05) is 12.3 Å². The SMILES string of the molecule is Cc1ccc(Oc2ccnc(N)c2N)cc1. The van der Waals surface area contributed by atoms with Crippen LogP contribution in [0.1, 0.15) is 5.56 Å². The van der Waals surface area contributed by atoms with E-state index in [1.54, 1.807) is 12.3 Å². The van der Waals surface area contributed by atoms with Gasteiger partial charge in [0.2, 0.25) is 0 Å². The average Bonchev–Trinajstić information content (AvgIpc) is 2.28. The summed E-state index contributed by atoms with van der Waals surface area (Å²) >= 11 is 0. The maximum atomic E-state index is 5.75. The molecule has 0 unspecified atom stereocenters. The lowest BCUT2D eigenvalue weighted by molar-refractivity contribution is 0.484. The molecule has 0 saturated heterocycles. The molecule has 0 aliphatic carbocycles. The van der Waals surface area contributed by atoms with Crippen LogP contribution in [0, 0.1) is 6.92 Å². The summed E-state index contributed by atoms with van der Waals surface area (Å²) in [5.41, 5.74) is 12.9. The molecular formula is C12H13N3O. The molecule has 0 saturated carbocycles. The summed E-state index contributed by atoms with van der Waals surface area (Å²) in [5, 5.41) is 0. The van der Waals surface area contributed by atoms with Crippen molar-refractivity contribution in [1.82, 2.24) is 4.98 Å². The van der Waals surface area contributed by atoms with Gasteiger partial charge < -0.3 is 16.2 Å². The highest BCUT2D eigenvalue weighted by Gasteiger charge is 2.05. The van der Waals surface area contributed by atoms with Gasteiger partial charge >= 0.3 is 0 Å². The number of nitrogens with zero attached hydrogens (tertiary/aromatic N) is 1. The minimum atomic E-state index is 0.282. The second-order valence-electron chi connectivity index (χ2n) is 3.52. The molecule has 0 amide bonds. The Kier molecular flexibility index (Phi) is 2.64. The highest BCUT2D eigenvalue weighted by atomic mass is 16.5. The predicted molar refractivity (Wildman–Crippen MR) is 64.3 cm³/mol. The van der Waals surface area contributed by atoms with Crippen LogP contribution in [0.5, 0.6) is 11.5 Å². The molecule has 2 aromatic rings. The number of hydrogen-bond acceptors (Lipinski definition) is 4. The topological polar surface area (TPSA) is 74.2 Å². The van der Waals surface area contributed by atoms with Gasteiger partial charge in [0.1, 0.15) is 17.3 Å². The van der Waals surface area contributed by atoms with Crippen molar-refractivity contribution in [1.29, 1.82) is 0 Å². The van der Waals surface area contributed by atoms with E-state index < -0.39 is 0 Å². The monoisotopic (exact) mass is 215 g/mol. The molecule has 0 aliphatic rings. The van der Waals surface area contributed by atoms with E-state index in [1.807, 2.05) is 31.2 Å². The lowest BCUT2D eigenvalue weighted by Gasteiger charge is -2.09. The van der Waals surface area contributed by atoms with Gasteiger partial charge in [0.15, 0.2) is 5.75 Å². The summed E-state index contributed by atoms with van der Waals surface area (Å²) < 4.78 is 5.60. The number of benzene rings is 1. The van der Waals surface area contributed by atoms with Gasteiger partial charge in [-0.05, 0) is 19.1 Å². The number of rotatable bonds is 2. The number of ether oxygens (including phenoxy) is 1. The standard InChI is InChI=1S/C12H13N3O/c1-8-2-4-9(5-3-8)16-10-6-7-15-12(14)11(10)13/h2-7H,13H2,1H3,(H2,14,15). The number of anilines is 2. The molecule has 1 aromatic carbocycles. The van der Waals surface area contributed by atoms with Crippen molar-refractivity contribution in [2.45, 2.75) is 6.92 Å². The van der Waals surface area contributed by atoms with Gasteiger partial charge in [-0.1, -0.05) is 17.7 Å². The van der Waals surface area contributed by atoms with E-state index in [0.717, 1.165) is 5.75 Å². The fraction of sp³-hybridized carbons (Fsp3) is 0.0833. The van der Waals surface area contributed by atoms with Gasteiger partial charge in [-0.15, -0.1) is 0 Å². The molecule has 16 heavy (non-hydrogen) atoms. The first-order valence-electron chi connectivity index (χ1n) is 4.91. The van der Waals surface area contributed by atoms with Crippen molar-refractivity contribution in [3.05, 3.63) is 42.1 Å². The number of nitrogens with two attached hydrogens (primary N) is 2. The number of pyridine rings is 1. The molecule has 1 heterocycles. The van der Waals surface area contributed by atoms with Crippen molar-refractivity contribution in [2.24, 2.45) is 0 Å². The summed E-state index contributed by atoms with van der Waals surface area (Å²) in [5.74, 6) is 1.53. The minimum Gasteiger partial charge on any atom is -0.455 e. The molecule has 4 heteroatoms. The van der Waals surface area contributed by atoms with Gasteiger partial charge in [-0.3, -0.25) is 0 Å². The van der Waals surface area contributed by atoms with E-state index in [9.17, 15) is 0 Å². The van der Waals surface area contributed by atoms with E-state index in [2.05, 4.69) is 4.98 Å². The van der Waals surface area contributed by atoms with E-state index in [4.69, 9.17) is 16.2 Å². The molecule has 0 fully saturated rings. The third kappa shape index (κ3) is 2.06. The number of aryl methyl sites for hydroxylation is 1. The van der Waals surface area contributed by atoms with Crippen LogP contribution in [-0.2, 0) is 0 Å². The van der Waals surface area contributed by atoms with Crippen LogP contribution in [0.15, 0.2) is 36.5 Å². The third-order valence-corrected chi connectivity index (χ3v) is 2.23. The summed E-state index contributed by atoms with van der Waals surface area (Å²) in [4.78, 5) is 3.87. The van der Waals surface area contributed by atoms with Crippen molar-refractivity contribution < 1.29 is 4.74 Å². The Morgan fingerprint density at radius 3 is 2.44 bits per heavy atom. The smallest absolute Gasteiger partial charge is 0.155 e. The first-order valence-corrected chi connectivity index (χ1v) is 4.91. The van der Waals surface area contributed by atoms with E-state index >= 15 is 0 Å². The minimum absolute atomic E-state index is 0.282. The van der Waals surface area contributed by atoms with Crippen LogP contribution in [0.25, 0.3) is 0 Å². The molecule has 0 spiro atoms. The maximum absolute atomic E-state index is 5.75. The number of hydrogen-bond donors (Lipinski definition) is 2. The van der Waals surface area contributed by atoms with Crippen LogP contribution in [0.3, 0.4) is 0 Å². The quantitative estimate of drug-likeness (QED) is 0.806. The summed E-state index contributed by atoms with van der Waals surface area (Å²) in [6, 6.07) is 9.38. The van der Waals surface area contributed by atoms with Crippen molar-refractivity contribution in [3.8, 4) is 11.5 Å². The van der Waals surface area contributed by atoms with Crippen LogP contribution in [0.4, 0.5) is 11.5 Å².